The Labute approximate surface area is 292 Å². The molecule has 1 aromatic rings. The van der Waals surface area contributed by atoms with Crippen molar-refractivity contribution in [2.45, 2.75) is 107 Å². The van der Waals surface area contributed by atoms with E-state index in [2.05, 4.69) is 21.9 Å². The van der Waals surface area contributed by atoms with Crippen LogP contribution in [-0.4, -0.2) is 90.3 Å². The third kappa shape index (κ3) is 7.52. The minimum absolute atomic E-state index is 0.0696. The van der Waals surface area contributed by atoms with Crippen LogP contribution in [0.3, 0.4) is 0 Å². The molecule has 1 saturated heterocycles. The number of unbranched alkanes of at least 4 members (excludes halogenated alkanes) is 1. The molecule has 2 aliphatic carbocycles. The van der Waals surface area contributed by atoms with E-state index in [9.17, 15) is 32.4 Å². The highest BCUT2D eigenvalue weighted by molar-refractivity contribution is 7.91. The lowest BCUT2D eigenvalue weighted by Gasteiger charge is -2.29. The monoisotopic (exact) mass is 711 g/mol. The third-order valence-electron chi connectivity index (χ3n) is 10.1. The zero-order valence-corrected chi connectivity index (χ0v) is 29.0. The van der Waals surface area contributed by atoms with Crippen LogP contribution >= 0.6 is 0 Å². The first kappa shape index (κ1) is 35.4. The van der Waals surface area contributed by atoms with Crippen LogP contribution in [0.5, 0.6) is 0 Å². The lowest BCUT2D eigenvalue weighted by Crippen LogP contribution is -2.58. The number of carbonyl (C=O) groups is 5. The van der Waals surface area contributed by atoms with Gasteiger partial charge in [-0.05, 0) is 55.2 Å². The summed E-state index contributed by atoms with van der Waals surface area (Å²) in [7, 11) is -3.90. The molecule has 5 aliphatic rings. The number of fused-ring (bicyclic) bond motifs is 3. The maximum atomic E-state index is 14.2. The molecule has 6 rings (SSSR count). The van der Waals surface area contributed by atoms with Crippen molar-refractivity contribution in [2.75, 3.05) is 13.2 Å². The summed E-state index contributed by atoms with van der Waals surface area (Å²) in [6, 6.07) is 3.65. The molecule has 4 bridgehead atoms. The van der Waals surface area contributed by atoms with Crippen LogP contribution in [0.1, 0.15) is 81.4 Å². The van der Waals surface area contributed by atoms with Crippen LogP contribution in [0, 0.1) is 5.92 Å². The van der Waals surface area contributed by atoms with Crippen LogP contribution in [-0.2, 0) is 47.0 Å². The SMILES string of the molecule is C=C[C@@H]1C[C@@]1(NC(=O)[C@@H]1C[C@@H]2CN1C(=O)[C@H](CCCC)NC(=O)OCCC/C=C/c1cccc3c1CN(C3)C(=O)O2)C(=O)NS(=O)(=O)C1CC1. The molecular formula is C35H45N5O9S. The summed E-state index contributed by atoms with van der Waals surface area (Å²) in [6.45, 7) is 6.37. The quantitative estimate of drug-likeness (QED) is 0.325. The molecule has 1 aromatic carbocycles. The Bertz CT molecular complexity index is 1690. The van der Waals surface area contributed by atoms with Crippen molar-refractivity contribution in [3.8, 4) is 0 Å². The van der Waals surface area contributed by atoms with Gasteiger partial charge in [-0.3, -0.25) is 24.0 Å². The van der Waals surface area contributed by atoms with Crippen LogP contribution in [0.4, 0.5) is 9.59 Å². The van der Waals surface area contributed by atoms with E-state index in [0.29, 0.717) is 45.2 Å². The molecule has 5 atom stereocenters. The molecule has 0 spiro atoms. The predicted octanol–water partition coefficient (Wildman–Crippen LogP) is 2.87. The molecule has 3 fully saturated rings. The van der Waals surface area contributed by atoms with E-state index in [1.54, 1.807) is 4.90 Å². The van der Waals surface area contributed by atoms with Crippen molar-refractivity contribution in [3.63, 3.8) is 0 Å². The Morgan fingerprint density at radius 2 is 1.98 bits per heavy atom. The maximum absolute atomic E-state index is 14.2. The zero-order chi connectivity index (χ0) is 35.6. The van der Waals surface area contributed by atoms with E-state index in [0.717, 1.165) is 23.1 Å². The number of amides is 5. The van der Waals surface area contributed by atoms with Gasteiger partial charge in [-0.1, -0.05) is 56.2 Å². The minimum Gasteiger partial charge on any atom is -0.450 e. The highest BCUT2D eigenvalue weighted by Crippen LogP contribution is 2.45. The number of allylic oxidation sites excluding steroid dienone is 1. The highest BCUT2D eigenvalue weighted by atomic mass is 32.2. The van der Waals surface area contributed by atoms with Gasteiger partial charge in [-0.2, -0.15) is 0 Å². The average molecular weight is 712 g/mol. The number of carbonyl (C=O) groups excluding carboxylic acids is 5. The summed E-state index contributed by atoms with van der Waals surface area (Å²) in [6.07, 6.45) is 7.03. The molecule has 50 heavy (non-hydrogen) atoms. The van der Waals surface area contributed by atoms with Gasteiger partial charge in [0.05, 0.1) is 24.9 Å². The molecule has 14 nitrogen and oxygen atoms in total. The van der Waals surface area contributed by atoms with Gasteiger partial charge in [-0.25, -0.2) is 18.0 Å². The Hall–Kier alpha value is -4.40. The fraction of sp³-hybridized carbons (Fsp3) is 0.571. The van der Waals surface area contributed by atoms with Gasteiger partial charge >= 0.3 is 12.2 Å². The second kappa shape index (κ2) is 14.4. The first-order valence-corrected chi connectivity index (χ1v) is 19.0. The summed E-state index contributed by atoms with van der Waals surface area (Å²) >= 11 is 0. The molecule has 15 heteroatoms. The molecule has 5 amide bonds. The Morgan fingerprint density at radius 1 is 1.18 bits per heavy atom. The van der Waals surface area contributed by atoms with Crippen molar-refractivity contribution in [1.82, 2.24) is 25.2 Å². The molecule has 0 radical (unpaired) electrons. The third-order valence-corrected chi connectivity index (χ3v) is 11.9. The number of benzene rings is 1. The number of sulfonamides is 1. The zero-order valence-electron chi connectivity index (χ0n) is 28.2. The van der Waals surface area contributed by atoms with Crippen LogP contribution in [0.15, 0.2) is 36.9 Å². The average Bonchev–Trinajstić information content (AvgIpc) is 3.98. The van der Waals surface area contributed by atoms with Crippen LogP contribution < -0.4 is 15.4 Å². The van der Waals surface area contributed by atoms with E-state index in [4.69, 9.17) is 9.47 Å². The standard InChI is InChI=1S/C35H45N5O9S/c1-3-5-13-28-31(42)40-20-25(17-29(40)30(41)37-35(18-24(35)4-2)32(43)38-50(46,47)26-14-15-26)49-34(45)39-19-23-12-9-11-22(27(23)21-39)10-7-6-8-16-48-33(44)36-28/h4,7,9-12,24-26,28-29H,2-3,5-6,8,13-21H2,1H3,(H,36,44)(H,37,41)(H,38,43)/b10-7+/t24-,25-,28+,29+,35+/m1/s1. The number of nitrogens with one attached hydrogen (secondary N) is 3. The Morgan fingerprint density at radius 3 is 2.70 bits per heavy atom. The predicted molar refractivity (Wildman–Crippen MR) is 181 cm³/mol. The first-order valence-electron chi connectivity index (χ1n) is 17.4. The van der Waals surface area contributed by atoms with Gasteiger partial charge in [0.25, 0.3) is 5.91 Å². The summed E-state index contributed by atoms with van der Waals surface area (Å²) in [5.41, 5.74) is 1.41. The van der Waals surface area contributed by atoms with Crippen molar-refractivity contribution < 1.29 is 41.9 Å². The van der Waals surface area contributed by atoms with Gasteiger partial charge in [0, 0.05) is 18.9 Å². The number of hydrogen-bond acceptors (Lipinski definition) is 9. The molecule has 3 heterocycles. The highest BCUT2D eigenvalue weighted by Gasteiger charge is 2.62. The van der Waals surface area contributed by atoms with Crippen molar-refractivity contribution in [1.29, 1.82) is 0 Å². The topological polar surface area (TPSA) is 181 Å². The van der Waals surface area contributed by atoms with Gasteiger partial charge in [-0.15, -0.1) is 6.58 Å². The molecule has 0 unspecified atom stereocenters. The van der Waals surface area contributed by atoms with Crippen molar-refractivity contribution >= 4 is 46.0 Å². The number of hydrogen-bond donors (Lipinski definition) is 3. The molecule has 0 aromatic heterocycles. The lowest BCUT2D eigenvalue weighted by atomic mass is 10.0. The second-order valence-electron chi connectivity index (χ2n) is 13.8. The number of cyclic esters (lactones) is 1. The van der Waals surface area contributed by atoms with E-state index < -0.39 is 74.8 Å². The largest absolute Gasteiger partial charge is 0.450 e. The first-order chi connectivity index (χ1) is 24.0. The molecular weight excluding hydrogens is 666 g/mol. The smallest absolute Gasteiger partial charge is 0.410 e. The van der Waals surface area contributed by atoms with Crippen molar-refractivity contribution in [2.24, 2.45) is 5.92 Å². The van der Waals surface area contributed by atoms with Gasteiger partial charge in [0.1, 0.15) is 23.7 Å². The van der Waals surface area contributed by atoms with E-state index in [1.165, 1.54) is 11.0 Å². The number of ether oxygens (including phenoxy) is 2. The fourth-order valence-corrected chi connectivity index (χ4v) is 8.33. The normalized spacial score (nSPS) is 29.0. The maximum Gasteiger partial charge on any atom is 0.410 e. The molecule has 3 aliphatic heterocycles. The van der Waals surface area contributed by atoms with Gasteiger partial charge in [0.15, 0.2) is 0 Å². The summed E-state index contributed by atoms with van der Waals surface area (Å²) in [5.74, 6) is -2.65. The minimum atomic E-state index is -3.90. The Kier molecular flexibility index (Phi) is 10.2. The second-order valence-corrected chi connectivity index (χ2v) is 15.8. The van der Waals surface area contributed by atoms with Gasteiger partial charge in [0.2, 0.25) is 21.8 Å². The van der Waals surface area contributed by atoms with Crippen molar-refractivity contribution in [3.05, 3.63) is 53.6 Å². The summed E-state index contributed by atoms with van der Waals surface area (Å²) in [5, 5.41) is 4.76. The number of rotatable bonds is 9. The van der Waals surface area contributed by atoms with E-state index in [-0.39, 0.29) is 32.4 Å². The number of alkyl carbamates (subject to hydrolysis) is 1. The summed E-state index contributed by atoms with van der Waals surface area (Å²) in [4.78, 5) is 70.8. The summed E-state index contributed by atoms with van der Waals surface area (Å²) < 4.78 is 38.7. The van der Waals surface area contributed by atoms with Crippen LogP contribution in [0.25, 0.3) is 6.08 Å². The van der Waals surface area contributed by atoms with Gasteiger partial charge < -0.3 is 25.0 Å². The van der Waals surface area contributed by atoms with Crippen LogP contribution in [0.2, 0.25) is 0 Å². The fourth-order valence-electron chi connectivity index (χ4n) is 6.97. The lowest BCUT2D eigenvalue weighted by molar-refractivity contribution is -0.141. The molecule has 2 saturated carbocycles. The Balaban J connectivity index is 1.26. The number of nitrogens with zero attached hydrogens (tertiary/aromatic N) is 2. The van der Waals surface area contributed by atoms with E-state index in [1.807, 2.05) is 37.3 Å². The molecule has 270 valence electrons. The van der Waals surface area contributed by atoms with E-state index >= 15 is 0 Å². The molecule has 3 N–H and O–H groups in total.